The number of thioether (sulfide) groups is 2. The Bertz CT molecular complexity index is 832. The van der Waals surface area contributed by atoms with Crippen LogP contribution >= 0.6 is 23.5 Å². The van der Waals surface area contributed by atoms with Crippen LogP contribution in [0.4, 0.5) is 4.79 Å². The van der Waals surface area contributed by atoms with E-state index >= 15 is 0 Å². The van der Waals surface area contributed by atoms with Crippen molar-refractivity contribution in [3.63, 3.8) is 0 Å². The predicted molar refractivity (Wildman–Crippen MR) is 94.4 cm³/mol. The molecule has 0 radical (unpaired) electrons. The van der Waals surface area contributed by atoms with E-state index in [0.717, 1.165) is 10.4 Å². The number of fused-ring (bicyclic) bond motifs is 2. The van der Waals surface area contributed by atoms with E-state index in [2.05, 4.69) is 15.1 Å². The molecule has 0 bridgehead atoms. The molecule has 2 fully saturated rings. The van der Waals surface area contributed by atoms with Gasteiger partial charge in [-0.25, -0.2) is 19.4 Å². The van der Waals surface area contributed by atoms with Gasteiger partial charge >= 0.3 is 6.16 Å². The van der Waals surface area contributed by atoms with Gasteiger partial charge in [-0.15, -0.1) is 16.9 Å². The van der Waals surface area contributed by atoms with Crippen LogP contribution in [-0.4, -0.2) is 69.9 Å². The van der Waals surface area contributed by atoms with Gasteiger partial charge in [0, 0.05) is 6.20 Å². The zero-order chi connectivity index (χ0) is 18.3. The van der Waals surface area contributed by atoms with Gasteiger partial charge in [0.1, 0.15) is 29.9 Å². The highest BCUT2D eigenvalue weighted by atomic mass is 32.2. The van der Waals surface area contributed by atoms with Crippen molar-refractivity contribution in [1.82, 2.24) is 19.7 Å². The van der Waals surface area contributed by atoms with Crippen molar-refractivity contribution < 1.29 is 23.7 Å². The number of rotatable bonds is 6. The Labute approximate surface area is 158 Å². The summed E-state index contributed by atoms with van der Waals surface area (Å²) in [5.74, 6) is 0. The first-order chi connectivity index (χ1) is 12.6. The molecule has 0 spiro atoms. The van der Waals surface area contributed by atoms with Gasteiger partial charge in [-0.2, -0.15) is 0 Å². The number of nitrogens with zero attached hydrogens (tertiary/aromatic N) is 4. The van der Waals surface area contributed by atoms with E-state index in [1.54, 1.807) is 23.4 Å². The summed E-state index contributed by atoms with van der Waals surface area (Å²) in [6, 6.07) is 0. The van der Waals surface area contributed by atoms with Gasteiger partial charge in [-0.1, -0.05) is 11.8 Å². The third kappa shape index (κ3) is 3.24. The maximum atomic E-state index is 11.3. The Morgan fingerprint density at radius 2 is 2.08 bits per heavy atom. The first-order valence-electron chi connectivity index (χ1n) is 8.10. The Morgan fingerprint density at radius 3 is 2.81 bits per heavy atom. The number of hydrogen-bond donors (Lipinski definition) is 0. The second-order valence-electron chi connectivity index (χ2n) is 5.69. The number of carbonyl (C=O) groups excluding carboxylic acids is 1. The van der Waals surface area contributed by atoms with E-state index in [-0.39, 0.29) is 37.8 Å². The lowest BCUT2D eigenvalue weighted by molar-refractivity contribution is -0.0944. The Balaban J connectivity index is 1.51. The van der Waals surface area contributed by atoms with Gasteiger partial charge in [0.05, 0.1) is 12.0 Å². The lowest BCUT2D eigenvalue weighted by Crippen LogP contribution is -2.26. The van der Waals surface area contributed by atoms with Gasteiger partial charge in [0.15, 0.2) is 17.0 Å². The van der Waals surface area contributed by atoms with Gasteiger partial charge in [-0.05, 0) is 19.4 Å². The fraction of sp³-hybridized carbons (Fsp3) is 0.600. The number of carbonyl (C=O) groups is 1. The highest BCUT2D eigenvalue weighted by Gasteiger charge is 2.59. The van der Waals surface area contributed by atoms with Crippen molar-refractivity contribution >= 4 is 40.7 Å². The van der Waals surface area contributed by atoms with Crippen LogP contribution in [0.5, 0.6) is 0 Å². The molecular weight excluding hydrogens is 380 g/mol. The molecule has 0 N–H and O–H groups in total. The molecule has 2 aromatic heterocycles. The lowest BCUT2D eigenvalue weighted by Gasteiger charge is -2.17. The molecule has 2 saturated heterocycles. The van der Waals surface area contributed by atoms with E-state index in [0.29, 0.717) is 10.8 Å². The van der Waals surface area contributed by atoms with Crippen molar-refractivity contribution in [1.29, 1.82) is 0 Å². The van der Waals surface area contributed by atoms with E-state index in [1.165, 1.54) is 11.8 Å². The molecule has 0 saturated carbocycles. The van der Waals surface area contributed by atoms with E-state index in [4.69, 9.17) is 18.9 Å². The minimum Gasteiger partial charge on any atom is -0.435 e. The summed E-state index contributed by atoms with van der Waals surface area (Å²) in [6.45, 7) is 2.08. The average molecular weight is 398 g/mol. The van der Waals surface area contributed by atoms with Crippen LogP contribution in [0.2, 0.25) is 0 Å². The Hall–Kier alpha value is -1.56. The molecule has 0 aromatic carbocycles. The molecule has 0 aliphatic carbocycles. The molecule has 9 nitrogen and oxygen atoms in total. The second-order valence-corrected chi connectivity index (χ2v) is 7.26. The first kappa shape index (κ1) is 17.8. The summed E-state index contributed by atoms with van der Waals surface area (Å²) in [4.78, 5) is 20.3. The fourth-order valence-electron chi connectivity index (χ4n) is 2.91. The predicted octanol–water partition coefficient (Wildman–Crippen LogP) is 2.11. The molecule has 2 aliphatic rings. The smallest absolute Gasteiger partial charge is 0.435 e. The monoisotopic (exact) mass is 398 g/mol. The SMILES string of the molecule is CCOC(=O)OC[C@H]1O[C@@H](n2cc3c(SC)nc(SC)nc3n2)[C@@H]2O[C@@H]21. The minimum absolute atomic E-state index is 0.0871. The molecule has 0 unspecified atom stereocenters. The lowest BCUT2D eigenvalue weighted by atomic mass is 10.2. The molecule has 4 heterocycles. The molecule has 2 aliphatic heterocycles. The number of hydrogen-bond acceptors (Lipinski definition) is 10. The van der Waals surface area contributed by atoms with Crippen molar-refractivity contribution in [2.45, 2.75) is 41.6 Å². The maximum Gasteiger partial charge on any atom is 0.508 e. The van der Waals surface area contributed by atoms with E-state index < -0.39 is 6.16 Å². The zero-order valence-corrected chi connectivity index (χ0v) is 16.1. The molecule has 26 heavy (non-hydrogen) atoms. The third-order valence-corrected chi connectivity index (χ3v) is 5.37. The highest BCUT2D eigenvalue weighted by Crippen LogP contribution is 2.45. The average Bonchev–Trinajstić information content (AvgIpc) is 3.18. The van der Waals surface area contributed by atoms with Crippen LogP contribution < -0.4 is 0 Å². The van der Waals surface area contributed by atoms with Gasteiger partial charge in [0.2, 0.25) is 0 Å². The Kier molecular flexibility index (Phi) is 4.95. The normalized spacial score (nSPS) is 26.7. The highest BCUT2D eigenvalue weighted by molar-refractivity contribution is 7.99. The number of epoxide rings is 1. The molecular formula is C15H18N4O5S2. The summed E-state index contributed by atoms with van der Waals surface area (Å²) < 4.78 is 23.2. The largest absolute Gasteiger partial charge is 0.508 e. The van der Waals surface area contributed by atoms with Gasteiger partial charge in [-0.3, -0.25) is 0 Å². The summed E-state index contributed by atoms with van der Waals surface area (Å²) in [5, 5.41) is 6.98. The van der Waals surface area contributed by atoms with Crippen LogP contribution in [-0.2, 0) is 18.9 Å². The van der Waals surface area contributed by atoms with Crippen LogP contribution in [0, 0.1) is 0 Å². The summed E-state index contributed by atoms with van der Waals surface area (Å²) >= 11 is 3.03. The zero-order valence-electron chi connectivity index (χ0n) is 14.4. The van der Waals surface area contributed by atoms with Crippen molar-refractivity contribution in [2.75, 3.05) is 25.7 Å². The molecule has 11 heteroatoms. The molecule has 4 atom stereocenters. The van der Waals surface area contributed by atoms with Crippen LogP contribution in [0.3, 0.4) is 0 Å². The van der Waals surface area contributed by atoms with Crippen LogP contribution in [0.1, 0.15) is 13.2 Å². The quantitative estimate of drug-likeness (QED) is 0.236. The third-order valence-electron chi connectivity index (χ3n) is 4.13. The summed E-state index contributed by atoms with van der Waals surface area (Å²) in [7, 11) is 0. The fourth-order valence-corrected chi connectivity index (χ4v) is 3.87. The second kappa shape index (κ2) is 7.22. The topological polar surface area (TPSA) is 101 Å². The molecule has 0 amide bonds. The van der Waals surface area contributed by atoms with Gasteiger partial charge < -0.3 is 18.9 Å². The molecule has 2 aromatic rings. The first-order valence-corrected chi connectivity index (χ1v) is 10.5. The van der Waals surface area contributed by atoms with Crippen molar-refractivity contribution in [2.24, 2.45) is 0 Å². The van der Waals surface area contributed by atoms with Crippen LogP contribution in [0.15, 0.2) is 16.4 Å². The Morgan fingerprint density at radius 1 is 1.23 bits per heavy atom. The van der Waals surface area contributed by atoms with Crippen molar-refractivity contribution in [3.05, 3.63) is 6.20 Å². The number of aromatic nitrogens is 4. The van der Waals surface area contributed by atoms with Gasteiger partial charge in [0.25, 0.3) is 0 Å². The summed E-state index contributed by atoms with van der Waals surface area (Å²) in [5.41, 5.74) is 0.626. The molecule has 4 rings (SSSR count). The van der Waals surface area contributed by atoms with E-state index in [9.17, 15) is 4.79 Å². The minimum atomic E-state index is -0.703. The van der Waals surface area contributed by atoms with Crippen molar-refractivity contribution in [3.8, 4) is 0 Å². The standard InChI is InChI=1S/C15H18N4O5S2/c1-4-21-15(20)22-6-8-9-10(24-9)13(23-8)19-5-7-11(18-19)16-14(26-3)17-12(7)25-2/h5,8-10,13H,4,6H2,1-3H3/t8-,9-,10-,13-/m1/s1. The summed E-state index contributed by atoms with van der Waals surface area (Å²) in [6.07, 6.45) is 4.15. The number of ether oxygens (including phenoxy) is 4. The van der Waals surface area contributed by atoms with Crippen LogP contribution in [0.25, 0.3) is 11.0 Å². The van der Waals surface area contributed by atoms with E-state index in [1.807, 2.05) is 18.7 Å². The maximum absolute atomic E-state index is 11.3. The molecule has 140 valence electrons.